The minimum atomic E-state index is -4.33. The number of benzene rings is 1. The lowest BCUT2D eigenvalue weighted by Gasteiger charge is -2.08. The molecule has 0 saturated carbocycles. The van der Waals surface area contributed by atoms with Gasteiger partial charge in [0, 0.05) is 5.56 Å². The summed E-state index contributed by atoms with van der Waals surface area (Å²) in [5.74, 6) is 0. The van der Waals surface area contributed by atoms with E-state index in [1.807, 2.05) is 0 Å². The molecule has 0 amide bonds. The van der Waals surface area contributed by atoms with Crippen molar-refractivity contribution in [3.63, 3.8) is 0 Å². The van der Waals surface area contributed by atoms with Crippen molar-refractivity contribution in [1.82, 2.24) is 0 Å². The van der Waals surface area contributed by atoms with E-state index >= 15 is 0 Å². The van der Waals surface area contributed by atoms with Crippen molar-refractivity contribution in [2.45, 2.75) is 10.7 Å². The van der Waals surface area contributed by atoms with E-state index in [9.17, 15) is 13.2 Å². The van der Waals surface area contributed by atoms with E-state index in [0.717, 1.165) is 12.1 Å². The van der Waals surface area contributed by atoms with Gasteiger partial charge in [0.2, 0.25) is 0 Å². The molecule has 0 saturated heterocycles. The molecule has 1 aliphatic heterocycles. The zero-order chi connectivity index (χ0) is 10.4. The average molecular weight is 265 g/mol. The van der Waals surface area contributed by atoms with Crippen LogP contribution in [0.4, 0.5) is 13.2 Å². The lowest BCUT2D eigenvalue weighted by molar-refractivity contribution is -0.137. The molecule has 74 valence electrons. The Hall–Kier alpha value is -0.910. The highest BCUT2D eigenvalue weighted by Crippen LogP contribution is 2.46. The summed E-state index contributed by atoms with van der Waals surface area (Å²) in [5, 5.41) is 7.20. The normalized spacial score (nSPS) is 18.3. The minimum absolute atomic E-state index is 0.396. The fraction of sp³-hybridized carbons (Fsp3) is 0.250. The number of hydrogen-bond donors (Lipinski definition) is 0. The lowest BCUT2D eigenvalue weighted by Crippen LogP contribution is -2.07. The first kappa shape index (κ1) is 9.64. The third-order valence-electron chi connectivity index (χ3n) is 1.83. The minimum Gasteiger partial charge on any atom is -0.166 e. The van der Waals surface area contributed by atoms with Gasteiger partial charge in [-0.15, -0.1) is 10.2 Å². The quantitative estimate of drug-likeness (QED) is 0.546. The van der Waals surface area contributed by atoms with Crippen LogP contribution in [0.25, 0.3) is 0 Å². The molecule has 2 nitrogen and oxygen atoms in total. The van der Waals surface area contributed by atoms with E-state index in [0.29, 0.717) is 5.56 Å². The van der Waals surface area contributed by atoms with Crippen LogP contribution in [-0.4, -0.2) is 0 Å². The van der Waals surface area contributed by atoms with Gasteiger partial charge in [-0.3, -0.25) is 0 Å². The Morgan fingerprint density at radius 1 is 1.21 bits per heavy atom. The zero-order valence-electron chi connectivity index (χ0n) is 6.72. The van der Waals surface area contributed by atoms with Gasteiger partial charge in [-0.05, 0) is 28.1 Å². The van der Waals surface area contributed by atoms with Crippen LogP contribution in [0.1, 0.15) is 11.1 Å². The Balaban J connectivity index is 2.37. The molecular formula is C8H4BrF3N2. The van der Waals surface area contributed by atoms with Crippen molar-refractivity contribution in [2.75, 3.05) is 0 Å². The van der Waals surface area contributed by atoms with Gasteiger partial charge in [-0.25, -0.2) is 0 Å². The topological polar surface area (TPSA) is 24.7 Å². The van der Waals surface area contributed by atoms with Crippen molar-refractivity contribution in [3.05, 3.63) is 35.4 Å². The van der Waals surface area contributed by atoms with Crippen LogP contribution in [0.3, 0.4) is 0 Å². The molecule has 0 aliphatic carbocycles. The number of hydrogen-bond acceptors (Lipinski definition) is 2. The SMILES string of the molecule is FC(F)(F)c1cccc(C2(Br)N=N2)c1. The predicted molar refractivity (Wildman–Crippen MR) is 46.9 cm³/mol. The van der Waals surface area contributed by atoms with Gasteiger partial charge >= 0.3 is 6.18 Å². The van der Waals surface area contributed by atoms with Gasteiger partial charge in [-0.1, -0.05) is 12.1 Å². The van der Waals surface area contributed by atoms with E-state index in [4.69, 9.17) is 0 Å². The van der Waals surface area contributed by atoms with Gasteiger partial charge < -0.3 is 0 Å². The number of rotatable bonds is 1. The Kier molecular flexibility index (Phi) is 1.92. The Bertz CT molecular complexity index is 373. The summed E-state index contributed by atoms with van der Waals surface area (Å²) in [6, 6.07) is 4.94. The summed E-state index contributed by atoms with van der Waals surface area (Å²) in [6.07, 6.45) is -4.33. The Morgan fingerprint density at radius 2 is 1.86 bits per heavy atom. The maximum absolute atomic E-state index is 12.3. The highest BCUT2D eigenvalue weighted by Gasteiger charge is 2.40. The molecular weight excluding hydrogens is 261 g/mol. The van der Waals surface area contributed by atoms with E-state index in [-0.39, 0.29) is 0 Å². The van der Waals surface area contributed by atoms with Gasteiger partial charge in [0.15, 0.2) is 0 Å². The summed E-state index contributed by atoms with van der Waals surface area (Å²) in [6.45, 7) is 0. The van der Waals surface area contributed by atoms with Gasteiger partial charge in [0.25, 0.3) is 4.57 Å². The molecule has 6 heteroatoms. The van der Waals surface area contributed by atoms with Crippen LogP contribution in [0.15, 0.2) is 34.5 Å². The third-order valence-corrected chi connectivity index (χ3v) is 2.61. The van der Waals surface area contributed by atoms with E-state index in [2.05, 4.69) is 26.2 Å². The van der Waals surface area contributed by atoms with E-state index in [1.165, 1.54) is 6.07 Å². The Labute approximate surface area is 86.0 Å². The summed E-state index contributed by atoms with van der Waals surface area (Å²) >= 11 is 3.10. The second-order valence-electron chi connectivity index (χ2n) is 2.87. The smallest absolute Gasteiger partial charge is 0.166 e. The monoisotopic (exact) mass is 264 g/mol. The third kappa shape index (κ3) is 1.66. The van der Waals surface area contributed by atoms with E-state index in [1.54, 1.807) is 6.07 Å². The van der Waals surface area contributed by atoms with Crippen molar-refractivity contribution in [1.29, 1.82) is 0 Å². The fourth-order valence-corrected chi connectivity index (χ4v) is 1.38. The van der Waals surface area contributed by atoms with Gasteiger partial charge in [0.1, 0.15) is 0 Å². The highest BCUT2D eigenvalue weighted by atomic mass is 79.9. The number of nitrogens with zero attached hydrogens (tertiary/aromatic N) is 2. The van der Waals surface area contributed by atoms with Crippen molar-refractivity contribution < 1.29 is 13.2 Å². The van der Waals surface area contributed by atoms with Crippen LogP contribution in [0.2, 0.25) is 0 Å². The molecule has 0 fully saturated rings. The second-order valence-corrected chi connectivity index (χ2v) is 3.97. The Morgan fingerprint density at radius 3 is 2.36 bits per heavy atom. The zero-order valence-corrected chi connectivity index (χ0v) is 8.30. The predicted octanol–water partition coefficient (Wildman–Crippen LogP) is 3.68. The lowest BCUT2D eigenvalue weighted by atomic mass is 10.1. The van der Waals surface area contributed by atoms with Crippen molar-refractivity contribution in [2.24, 2.45) is 10.2 Å². The first-order chi connectivity index (χ1) is 6.42. The molecule has 0 atom stereocenters. The van der Waals surface area contributed by atoms with Gasteiger partial charge in [0.05, 0.1) is 5.56 Å². The number of halogens is 4. The second kappa shape index (κ2) is 2.79. The molecule has 14 heavy (non-hydrogen) atoms. The fourth-order valence-electron chi connectivity index (χ4n) is 1.05. The largest absolute Gasteiger partial charge is 0.416 e. The number of alkyl halides is 4. The maximum Gasteiger partial charge on any atom is 0.416 e. The molecule has 0 radical (unpaired) electrons. The maximum atomic E-state index is 12.3. The molecule has 0 aromatic heterocycles. The molecule has 1 aromatic carbocycles. The molecule has 0 bridgehead atoms. The molecule has 0 N–H and O–H groups in total. The van der Waals surface area contributed by atoms with Crippen LogP contribution < -0.4 is 0 Å². The molecule has 0 unspecified atom stereocenters. The summed E-state index contributed by atoms with van der Waals surface area (Å²) in [5.41, 5.74) is -0.293. The van der Waals surface area contributed by atoms with Crippen molar-refractivity contribution >= 4 is 15.9 Å². The van der Waals surface area contributed by atoms with Crippen LogP contribution >= 0.6 is 15.9 Å². The van der Waals surface area contributed by atoms with Crippen LogP contribution in [0, 0.1) is 0 Å². The van der Waals surface area contributed by atoms with Crippen molar-refractivity contribution in [3.8, 4) is 0 Å². The van der Waals surface area contributed by atoms with Crippen LogP contribution in [-0.2, 0) is 10.7 Å². The first-order valence-electron chi connectivity index (χ1n) is 3.72. The van der Waals surface area contributed by atoms with E-state index < -0.39 is 16.3 Å². The molecule has 1 aromatic rings. The summed E-state index contributed by atoms with van der Waals surface area (Å²) in [7, 11) is 0. The molecule has 0 spiro atoms. The standard InChI is InChI=1S/C8H4BrF3N2/c9-7(13-14-7)5-2-1-3-6(4-5)8(10,11)12/h1-4H. The highest BCUT2D eigenvalue weighted by molar-refractivity contribution is 9.09. The average Bonchev–Trinajstić information content (AvgIpc) is 2.84. The summed E-state index contributed by atoms with van der Waals surface area (Å²) in [4.78, 5) is 0. The van der Waals surface area contributed by atoms with Crippen LogP contribution in [0.5, 0.6) is 0 Å². The molecule has 1 heterocycles. The first-order valence-corrected chi connectivity index (χ1v) is 4.52. The molecule has 1 aliphatic rings. The molecule has 2 rings (SSSR count). The van der Waals surface area contributed by atoms with Gasteiger partial charge in [-0.2, -0.15) is 13.2 Å². The summed E-state index contributed by atoms with van der Waals surface area (Å²) < 4.78 is 36.0.